The lowest BCUT2D eigenvalue weighted by Gasteiger charge is -2.18. The van der Waals surface area contributed by atoms with Crippen molar-refractivity contribution in [3.63, 3.8) is 0 Å². The van der Waals surface area contributed by atoms with Gasteiger partial charge in [0.1, 0.15) is 5.82 Å². The van der Waals surface area contributed by atoms with E-state index in [2.05, 4.69) is 10.2 Å². The van der Waals surface area contributed by atoms with E-state index in [1.165, 1.54) is 18.2 Å². The number of nitrogens with two attached hydrogens (primary N) is 1. The summed E-state index contributed by atoms with van der Waals surface area (Å²) in [6.07, 6.45) is 1.40. The van der Waals surface area contributed by atoms with E-state index >= 15 is 0 Å². The van der Waals surface area contributed by atoms with Crippen molar-refractivity contribution in [2.24, 2.45) is 0 Å². The van der Waals surface area contributed by atoms with Crippen LogP contribution in [0.25, 0.3) is 0 Å². The first kappa shape index (κ1) is 14.7. The highest BCUT2D eigenvalue weighted by Crippen LogP contribution is 2.16. The maximum absolute atomic E-state index is 13.0. The van der Waals surface area contributed by atoms with Crippen molar-refractivity contribution in [2.75, 3.05) is 43.9 Å². The number of hydrogen-bond donors (Lipinski definition) is 2. The van der Waals surface area contributed by atoms with Gasteiger partial charge >= 0.3 is 0 Å². The Labute approximate surface area is 117 Å². The number of nitrogens with one attached hydrogen (secondary N) is 1. The Morgan fingerprint density at radius 3 is 3.05 bits per heavy atom. The number of benzene rings is 1. The molecule has 1 heterocycles. The summed E-state index contributed by atoms with van der Waals surface area (Å²) < 4.78 is 18.4. The molecule has 0 bridgehead atoms. The average Bonchev–Trinajstić information content (AvgIpc) is 2.69. The molecular formula is C14H20FN3O2. The Kier molecular flexibility index (Phi) is 5.31. The average molecular weight is 281 g/mol. The minimum atomic E-state index is -0.479. The summed E-state index contributed by atoms with van der Waals surface area (Å²) in [4.78, 5) is 14.0. The first-order chi connectivity index (χ1) is 9.65. The van der Waals surface area contributed by atoms with Gasteiger partial charge in [-0.1, -0.05) is 0 Å². The third-order valence-corrected chi connectivity index (χ3v) is 3.25. The predicted octanol–water partition coefficient (Wildman–Crippen LogP) is 1.46. The van der Waals surface area contributed by atoms with Gasteiger partial charge in [-0.25, -0.2) is 4.39 Å². The molecule has 110 valence electrons. The molecule has 0 aliphatic carbocycles. The van der Waals surface area contributed by atoms with Gasteiger partial charge in [-0.05, 0) is 24.6 Å². The van der Waals surface area contributed by atoms with Crippen LogP contribution in [0.1, 0.15) is 12.8 Å². The molecule has 1 aliphatic rings. The van der Waals surface area contributed by atoms with Crippen LogP contribution in [-0.4, -0.2) is 43.7 Å². The summed E-state index contributed by atoms with van der Waals surface area (Å²) in [7, 11) is 0. The molecule has 1 aliphatic heterocycles. The second-order valence-corrected chi connectivity index (χ2v) is 4.84. The van der Waals surface area contributed by atoms with Gasteiger partial charge in [0, 0.05) is 38.3 Å². The maximum Gasteiger partial charge on any atom is 0.225 e. The summed E-state index contributed by atoms with van der Waals surface area (Å²) in [6.45, 7) is 4.02. The van der Waals surface area contributed by atoms with Crippen molar-refractivity contribution in [3.8, 4) is 0 Å². The number of anilines is 2. The van der Waals surface area contributed by atoms with Crippen LogP contribution in [0.5, 0.6) is 0 Å². The predicted molar refractivity (Wildman–Crippen MR) is 75.9 cm³/mol. The van der Waals surface area contributed by atoms with Gasteiger partial charge in [-0.2, -0.15) is 0 Å². The fourth-order valence-electron chi connectivity index (χ4n) is 2.13. The monoisotopic (exact) mass is 281 g/mol. The number of halogens is 1. The number of amides is 1. The van der Waals surface area contributed by atoms with Crippen LogP contribution in [0.2, 0.25) is 0 Å². The molecule has 0 atom stereocenters. The molecule has 1 aromatic rings. The van der Waals surface area contributed by atoms with Crippen molar-refractivity contribution < 1.29 is 13.9 Å². The van der Waals surface area contributed by atoms with Gasteiger partial charge in [0.05, 0.1) is 12.3 Å². The van der Waals surface area contributed by atoms with E-state index < -0.39 is 5.82 Å². The molecule has 3 N–H and O–H groups in total. The molecule has 1 aromatic carbocycles. The van der Waals surface area contributed by atoms with Crippen molar-refractivity contribution in [1.29, 1.82) is 0 Å². The zero-order valence-corrected chi connectivity index (χ0v) is 11.4. The lowest BCUT2D eigenvalue weighted by molar-refractivity contribution is -0.116. The molecule has 0 aromatic heterocycles. The summed E-state index contributed by atoms with van der Waals surface area (Å²) in [5, 5.41) is 2.72. The maximum atomic E-state index is 13.0. The van der Waals surface area contributed by atoms with Crippen LogP contribution < -0.4 is 11.1 Å². The van der Waals surface area contributed by atoms with Crippen molar-refractivity contribution in [2.45, 2.75) is 12.8 Å². The largest absolute Gasteiger partial charge is 0.396 e. The molecule has 1 fully saturated rings. The number of nitrogens with zero attached hydrogens (tertiary/aromatic N) is 1. The smallest absolute Gasteiger partial charge is 0.225 e. The summed E-state index contributed by atoms with van der Waals surface area (Å²) in [5.74, 6) is -0.575. The van der Waals surface area contributed by atoms with E-state index in [4.69, 9.17) is 10.5 Å². The third kappa shape index (κ3) is 4.47. The molecule has 6 heteroatoms. The standard InChI is InChI=1S/C14H20FN3O2/c15-12-3-2-11(10-13(12)16)17-14(19)4-6-18-5-1-8-20-9-7-18/h2-3,10H,1,4-9,16H2,(H,17,19). The van der Waals surface area contributed by atoms with Crippen LogP contribution in [-0.2, 0) is 9.53 Å². The third-order valence-electron chi connectivity index (χ3n) is 3.25. The number of nitrogen functional groups attached to an aromatic ring is 1. The summed E-state index contributed by atoms with van der Waals surface area (Å²) in [6, 6.07) is 4.17. The molecular weight excluding hydrogens is 261 g/mol. The van der Waals surface area contributed by atoms with Crippen LogP contribution in [0, 0.1) is 5.82 Å². The van der Waals surface area contributed by atoms with Gasteiger partial charge in [0.25, 0.3) is 0 Å². The van der Waals surface area contributed by atoms with E-state index in [0.717, 1.165) is 32.7 Å². The van der Waals surface area contributed by atoms with E-state index in [-0.39, 0.29) is 11.6 Å². The SMILES string of the molecule is Nc1cc(NC(=O)CCN2CCCOCC2)ccc1F. The van der Waals surface area contributed by atoms with E-state index in [0.29, 0.717) is 18.7 Å². The molecule has 1 amide bonds. The fraction of sp³-hybridized carbons (Fsp3) is 0.500. The lowest BCUT2D eigenvalue weighted by atomic mass is 10.2. The number of hydrogen-bond acceptors (Lipinski definition) is 4. The fourth-order valence-corrected chi connectivity index (χ4v) is 2.13. The number of ether oxygens (including phenoxy) is 1. The highest BCUT2D eigenvalue weighted by Gasteiger charge is 2.11. The highest BCUT2D eigenvalue weighted by molar-refractivity contribution is 5.91. The second-order valence-electron chi connectivity index (χ2n) is 4.84. The van der Waals surface area contributed by atoms with E-state index in [9.17, 15) is 9.18 Å². The summed E-state index contributed by atoms with van der Waals surface area (Å²) >= 11 is 0. The van der Waals surface area contributed by atoms with Crippen LogP contribution in [0.15, 0.2) is 18.2 Å². The number of rotatable bonds is 4. The van der Waals surface area contributed by atoms with Gasteiger partial charge in [0.2, 0.25) is 5.91 Å². The topological polar surface area (TPSA) is 67.6 Å². The minimum absolute atomic E-state index is 0.0347. The Bertz CT molecular complexity index is 460. The van der Waals surface area contributed by atoms with E-state index in [1.807, 2.05) is 0 Å². The number of carbonyl (C=O) groups is 1. The normalized spacial score (nSPS) is 16.6. The molecule has 0 unspecified atom stereocenters. The Hall–Kier alpha value is -1.66. The molecule has 0 spiro atoms. The van der Waals surface area contributed by atoms with Crippen LogP contribution in [0.4, 0.5) is 15.8 Å². The zero-order valence-electron chi connectivity index (χ0n) is 11.4. The van der Waals surface area contributed by atoms with E-state index in [1.54, 1.807) is 0 Å². The molecule has 5 nitrogen and oxygen atoms in total. The molecule has 1 saturated heterocycles. The van der Waals surface area contributed by atoms with Gasteiger partial charge in [-0.15, -0.1) is 0 Å². The Morgan fingerprint density at radius 2 is 2.25 bits per heavy atom. The van der Waals surface area contributed by atoms with Crippen molar-refractivity contribution >= 4 is 17.3 Å². The van der Waals surface area contributed by atoms with Crippen molar-refractivity contribution in [3.05, 3.63) is 24.0 Å². The van der Waals surface area contributed by atoms with Crippen molar-refractivity contribution in [1.82, 2.24) is 4.90 Å². The quantitative estimate of drug-likeness (QED) is 0.820. The number of carbonyl (C=O) groups excluding carboxylic acids is 1. The zero-order chi connectivity index (χ0) is 14.4. The molecule has 0 saturated carbocycles. The molecule has 2 rings (SSSR count). The Morgan fingerprint density at radius 1 is 1.40 bits per heavy atom. The van der Waals surface area contributed by atoms with Gasteiger partial charge in [-0.3, -0.25) is 4.79 Å². The lowest BCUT2D eigenvalue weighted by Crippen LogP contribution is -2.30. The second kappa shape index (κ2) is 7.21. The summed E-state index contributed by atoms with van der Waals surface area (Å²) in [5.41, 5.74) is 6.01. The Balaban J connectivity index is 1.78. The molecule has 0 radical (unpaired) electrons. The van der Waals surface area contributed by atoms with Crippen LogP contribution in [0.3, 0.4) is 0 Å². The minimum Gasteiger partial charge on any atom is -0.396 e. The first-order valence-electron chi connectivity index (χ1n) is 6.80. The van der Waals surface area contributed by atoms with Gasteiger partial charge < -0.3 is 20.7 Å². The van der Waals surface area contributed by atoms with Crippen LogP contribution >= 0.6 is 0 Å². The molecule has 20 heavy (non-hydrogen) atoms. The highest BCUT2D eigenvalue weighted by atomic mass is 19.1. The first-order valence-corrected chi connectivity index (χ1v) is 6.80. The van der Waals surface area contributed by atoms with Gasteiger partial charge in [0.15, 0.2) is 0 Å².